The van der Waals surface area contributed by atoms with E-state index in [2.05, 4.69) is 5.32 Å². The van der Waals surface area contributed by atoms with Crippen LogP contribution in [-0.2, 0) is 20.7 Å². The van der Waals surface area contributed by atoms with Crippen molar-refractivity contribution in [1.29, 1.82) is 0 Å². The van der Waals surface area contributed by atoms with Crippen LogP contribution < -0.4 is 14.8 Å². The van der Waals surface area contributed by atoms with Crippen LogP contribution in [0.2, 0.25) is 0 Å². The number of nitrogens with one attached hydrogen (secondary N) is 1. The number of benzene rings is 1. The molecule has 1 N–H and O–H groups in total. The average Bonchev–Trinajstić information content (AvgIpc) is 2.93. The Balaban J connectivity index is 1.78. The molecule has 2 rings (SSSR count). The van der Waals surface area contributed by atoms with Crippen LogP contribution in [0.4, 0.5) is 4.79 Å². The largest absolute Gasteiger partial charge is 0.454 e. The summed E-state index contributed by atoms with van der Waals surface area (Å²) in [5.74, 6) is 0.740. The van der Waals surface area contributed by atoms with Crippen LogP contribution in [0.1, 0.15) is 33.3 Å². The Morgan fingerprint density at radius 1 is 1.12 bits per heavy atom. The highest BCUT2D eigenvalue weighted by atomic mass is 16.7. The van der Waals surface area contributed by atoms with Gasteiger partial charge in [0.05, 0.1) is 5.92 Å². The number of carbonyl (C=O) groups is 2. The molecular weight excluding hydrogens is 314 g/mol. The number of hydrogen-bond acceptors (Lipinski definition) is 6. The molecule has 0 aliphatic carbocycles. The Labute approximate surface area is 141 Å². The van der Waals surface area contributed by atoms with E-state index in [1.165, 1.54) is 6.92 Å². The average molecular weight is 337 g/mol. The maximum atomic E-state index is 11.8. The summed E-state index contributed by atoms with van der Waals surface area (Å²) in [5, 5.41) is 2.70. The molecule has 7 nitrogen and oxygen atoms in total. The molecule has 7 heteroatoms. The van der Waals surface area contributed by atoms with E-state index in [1.54, 1.807) is 13.8 Å². The van der Waals surface area contributed by atoms with E-state index in [-0.39, 0.29) is 18.8 Å². The van der Waals surface area contributed by atoms with Gasteiger partial charge in [-0.2, -0.15) is 0 Å². The van der Waals surface area contributed by atoms with Crippen LogP contribution in [0.5, 0.6) is 11.5 Å². The summed E-state index contributed by atoms with van der Waals surface area (Å²) in [5.41, 5.74) is 1.01. The highest BCUT2D eigenvalue weighted by Crippen LogP contribution is 2.32. The maximum Gasteiger partial charge on any atom is 0.410 e. The second-order valence-electron chi connectivity index (χ2n) is 6.00. The fraction of sp³-hybridized carbons (Fsp3) is 0.529. The SMILES string of the molecule is CC(OC(=O)N[C@H](C)Cc1ccc2c(c1)OCO2)OC(=O)C(C)C. The Morgan fingerprint density at radius 3 is 2.54 bits per heavy atom. The molecule has 1 aromatic rings. The summed E-state index contributed by atoms with van der Waals surface area (Å²) in [4.78, 5) is 23.3. The molecule has 0 radical (unpaired) electrons. The van der Waals surface area contributed by atoms with Crippen molar-refractivity contribution in [3.05, 3.63) is 23.8 Å². The van der Waals surface area contributed by atoms with E-state index in [9.17, 15) is 9.59 Å². The van der Waals surface area contributed by atoms with Gasteiger partial charge < -0.3 is 24.3 Å². The van der Waals surface area contributed by atoms with Crippen LogP contribution in [-0.4, -0.2) is 31.2 Å². The fourth-order valence-corrected chi connectivity index (χ4v) is 2.18. The number of hydrogen-bond donors (Lipinski definition) is 1. The van der Waals surface area contributed by atoms with Crippen LogP contribution in [0.15, 0.2) is 18.2 Å². The lowest BCUT2D eigenvalue weighted by atomic mass is 10.1. The topological polar surface area (TPSA) is 83.1 Å². The van der Waals surface area contributed by atoms with E-state index in [1.807, 2.05) is 25.1 Å². The molecule has 0 spiro atoms. The van der Waals surface area contributed by atoms with Crippen LogP contribution in [0.25, 0.3) is 0 Å². The lowest BCUT2D eigenvalue weighted by molar-refractivity contribution is -0.168. The zero-order chi connectivity index (χ0) is 17.7. The molecule has 0 aromatic heterocycles. The lowest BCUT2D eigenvalue weighted by Crippen LogP contribution is -2.37. The minimum atomic E-state index is -0.933. The first-order valence-electron chi connectivity index (χ1n) is 7.91. The Morgan fingerprint density at radius 2 is 1.83 bits per heavy atom. The minimum Gasteiger partial charge on any atom is -0.454 e. The van der Waals surface area contributed by atoms with Crippen molar-refractivity contribution in [1.82, 2.24) is 5.32 Å². The maximum absolute atomic E-state index is 11.8. The first-order valence-corrected chi connectivity index (χ1v) is 7.91. The van der Waals surface area contributed by atoms with Crippen LogP contribution in [0, 0.1) is 5.92 Å². The summed E-state index contributed by atoms with van der Waals surface area (Å²) < 4.78 is 20.6. The molecule has 1 amide bonds. The molecule has 1 aliphatic heterocycles. The number of rotatable bonds is 6. The Bertz CT molecular complexity index is 601. The zero-order valence-electron chi connectivity index (χ0n) is 14.3. The van der Waals surface area contributed by atoms with Crippen LogP contribution >= 0.6 is 0 Å². The molecule has 0 bridgehead atoms. The first kappa shape index (κ1) is 17.9. The van der Waals surface area contributed by atoms with E-state index in [0.29, 0.717) is 12.2 Å². The number of ether oxygens (including phenoxy) is 4. The minimum absolute atomic E-state index is 0.161. The van der Waals surface area contributed by atoms with Gasteiger partial charge in [0.1, 0.15) is 0 Å². The zero-order valence-corrected chi connectivity index (χ0v) is 14.3. The van der Waals surface area contributed by atoms with Gasteiger partial charge >= 0.3 is 12.1 Å². The summed E-state index contributed by atoms with van der Waals surface area (Å²) in [6.45, 7) is 7.01. The summed E-state index contributed by atoms with van der Waals surface area (Å²) >= 11 is 0. The Hall–Kier alpha value is -2.44. The van der Waals surface area contributed by atoms with E-state index >= 15 is 0 Å². The molecule has 1 heterocycles. The fourth-order valence-electron chi connectivity index (χ4n) is 2.18. The third kappa shape index (κ3) is 5.04. The lowest BCUT2D eigenvalue weighted by Gasteiger charge is -2.18. The van der Waals surface area contributed by atoms with Gasteiger partial charge in [0, 0.05) is 13.0 Å². The first-order chi connectivity index (χ1) is 11.3. The highest BCUT2D eigenvalue weighted by molar-refractivity contribution is 5.72. The standard InChI is InChI=1S/C17H23NO6/c1-10(2)16(19)23-12(4)24-17(20)18-11(3)7-13-5-6-14-15(8-13)22-9-21-14/h5-6,8,10-12H,7,9H2,1-4H3,(H,18,20)/t11-,12?/m1/s1. The van der Waals surface area contributed by atoms with Gasteiger partial charge in [-0.05, 0) is 31.0 Å². The monoisotopic (exact) mass is 337 g/mol. The third-order valence-electron chi connectivity index (χ3n) is 3.37. The summed E-state index contributed by atoms with van der Waals surface area (Å²) in [6.07, 6.45) is -0.962. The smallest absolute Gasteiger partial charge is 0.410 e. The summed E-state index contributed by atoms with van der Waals surface area (Å²) in [6, 6.07) is 5.49. The quantitative estimate of drug-likeness (QED) is 0.635. The van der Waals surface area contributed by atoms with Gasteiger partial charge in [-0.15, -0.1) is 0 Å². The highest BCUT2D eigenvalue weighted by Gasteiger charge is 2.18. The summed E-state index contributed by atoms with van der Waals surface area (Å²) in [7, 11) is 0. The predicted octanol–water partition coefficient (Wildman–Crippen LogP) is 2.62. The van der Waals surface area contributed by atoms with Gasteiger partial charge in [0.15, 0.2) is 11.5 Å². The Kier molecular flexibility index (Phi) is 5.89. The normalized spacial score (nSPS) is 14.9. The van der Waals surface area contributed by atoms with Crippen LogP contribution in [0.3, 0.4) is 0 Å². The van der Waals surface area contributed by atoms with Crippen molar-refractivity contribution in [2.24, 2.45) is 5.92 Å². The molecular formula is C17H23NO6. The molecule has 0 saturated heterocycles. The molecule has 0 saturated carbocycles. The van der Waals surface area contributed by atoms with Crippen molar-refractivity contribution in [2.75, 3.05) is 6.79 Å². The third-order valence-corrected chi connectivity index (χ3v) is 3.37. The van der Waals surface area contributed by atoms with Gasteiger partial charge in [-0.25, -0.2) is 4.79 Å². The molecule has 1 aliphatic rings. The molecule has 1 unspecified atom stereocenters. The second-order valence-corrected chi connectivity index (χ2v) is 6.00. The van der Waals surface area contributed by atoms with Crippen molar-refractivity contribution in [2.45, 2.75) is 46.4 Å². The molecule has 2 atom stereocenters. The number of amides is 1. The van der Waals surface area contributed by atoms with Gasteiger partial charge in [-0.1, -0.05) is 19.9 Å². The van der Waals surface area contributed by atoms with Crippen molar-refractivity contribution in [3.8, 4) is 11.5 Å². The molecule has 132 valence electrons. The number of alkyl carbamates (subject to hydrolysis) is 1. The predicted molar refractivity (Wildman–Crippen MR) is 85.7 cm³/mol. The van der Waals surface area contributed by atoms with E-state index in [0.717, 1.165) is 11.3 Å². The van der Waals surface area contributed by atoms with Crippen molar-refractivity contribution in [3.63, 3.8) is 0 Å². The number of esters is 1. The molecule has 1 aromatic carbocycles. The van der Waals surface area contributed by atoms with E-state index < -0.39 is 18.4 Å². The van der Waals surface area contributed by atoms with Gasteiger partial charge in [-0.3, -0.25) is 4.79 Å². The number of fused-ring (bicyclic) bond motifs is 1. The van der Waals surface area contributed by atoms with Gasteiger partial charge in [0.25, 0.3) is 0 Å². The number of carbonyl (C=O) groups excluding carboxylic acids is 2. The van der Waals surface area contributed by atoms with Gasteiger partial charge in [0.2, 0.25) is 13.1 Å². The second kappa shape index (κ2) is 7.90. The van der Waals surface area contributed by atoms with Crippen molar-refractivity contribution >= 4 is 12.1 Å². The molecule has 0 fully saturated rings. The van der Waals surface area contributed by atoms with E-state index in [4.69, 9.17) is 18.9 Å². The molecule has 24 heavy (non-hydrogen) atoms. The van der Waals surface area contributed by atoms with Crippen molar-refractivity contribution < 1.29 is 28.5 Å².